The van der Waals surface area contributed by atoms with E-state index in [1.165, 1.54) is 35.6 Å². The Labute approximate surface area is 434 Å². The number of carboxylic acids is 5. The van der Waals surface area contributed by atoms with Crippen LogP contribution < -0.4 is 14.2 Å². The lowest BCUT2D eigenvalue weighted by Gasteiger charge is -2.03. The Hall–Kier alpha value is -9.80. The van der Waals surface area contributed by atoms with E-state index < -0.39 is 34.8 Å². The van der Waals surface area contributed by atoms with Crippen molar-refractivity contribution in [2.45, 2.75) is 33.1 Å². The first-order valence-corrected chi connectivity index (χ1v) is 22.9. The van der Waals surface area contributed by atoms with Gasteiger partial charge in [-0.25, -0.2) is 14.4 Å². The first-order chi connectivity index (χ1) is 35.8. The summed E-state index contributed by atoms with van der Waals surface area (Å²) in [5, 5.41) is 53.9. The van der Waals surface area contributed by atoms with Gasteiger partial charge in [-0.15, -0.1) is 23.2 Å². The third kappa shape index (κ3) is 21.6. The Morgan fingerprint density at radius 1 is 0.680 bits per heavy atom. The van der Waals surface area contributed by atoms with E-state index in [1.807, 2.05) is 30.3 Å². The van der Waals surface area contributed by atoms with Crippen LogP contribution in [-0.4, -0.2) is 86.9 Å². The molecule has 388 valence electrons. The van der Waals surface area contributed by atoms with E-state index >= 15 is 0 Å². The number of hydrogen-bond acceptors (Lipinski definition) is 13. The number of furan rings is 1. The van der Waals surface area contributed by atoms with Gasteiger partial charge in [-0.3, -0.25) is 24.5 Å². The van der Waals surface area contributed by atoms with Gasteiger partial charge in [0.2, 0.25) is 5.78 Å². The van der Waals surface area contributed by atoms with Crippen LogP contribution in [0.3, 0.4) is 0 Å². The molecule has 0 aliphatic rings. The Bertz CT molecular complexity index is 3090. The maximum atomic E-state index is 12.2. The second-order valence-electron chi connectivity index (χ2n) is 14.9. The Morgan fingerprint density at radius 3 is 1.77 bits per heavy atom. The summed E-state index contributed by atoms with van der Waals surface area (Å²) in [4.78, 5) is 76.3. The number of thiophene rings is 1. The molecule has 0 unspecified atom stereocenters. The summed E-state index contributed by atoms with van der Waals surface area (Å²) in [7, 11) is 3.13. The molecule has 0 saturated carbocycles. The minimum absolute atomic E-state index is 0.0550. The molecule has 18 nitrogen and oxygen atoms in total. The van der Waals surface area contributed by atoms with Crippen molar-refractivity contribution in [1.82, 2.24) is 0 Å². The Morgan fingerprint density at radius 2 is 1.27 bits per heavy atom. The summed E-state index contributed by atoms with van der Waals surface area (Å²) < 4.78 is 20.2. The highest BCUT2D eigenvalue weighted by atomic mass is 32.1. The summed E-state index contributed by atoms with van der Waals surface area (Å²) in [6.45, 7) is 3.02. The third-order valence-electron chi connectivity index (χ3n) is 9.54. The molecular formula is C56H51NO17S. The first-order valence-electron chi connectivity index (χ1n) is 22.1. The number of rotatable bonds is 17. The molecule has 7 aromatic rings. The van der Waals surface area contributed by atoms with Crippen molar-refractivity contribution < 1.29 is 77.9 Å². The summed E-state index contributed by atoms with van der Waals surface area (Å²) in [6, 6.07) is 42.3. The maximum Gasteiger partial charge on any atom is 0.341 e. The van der Waals surface area contributed by atoms with Gasteiger partial charge in [0, 0.05) is 34.6 Å². The Kier molecular flexibility index (Phi) is 25.0. The lowest BCUT2D eigenvalue weighted by molar-refractivity contribution is -0.384. The summed E-state index contributed by atoms with van der Waals surface area (Å²) in [5.41, 5.74) is 2.70. The van der Waals surface area contributed by atoms with Gasteiger partial charge in [0.1, 0.15) is 34.3 Å². The molecule has 0 amide bonds. The van der Waals surface area contributed by atoms with Gasteiger partial charge < -0.3 is 44.2 Å². The first kappa shape index (κ1) is 59.5. The zero-order valence-electron chi connectivity index (χ0n) is 40.8. The normalized spacial score (nSPS) is 9.95. The highest BCUT2D eigenvalue weighted by molar-refractivity contribution is 7.14. The molecule has 75 heavy (non-hydrogen) atoms. The van der Waals surface area contributed by atoms with E-state index in [-0.39, 0.29) is 42.1 Å². The van der Waals surface area contributed by atoms with Crippen LogP contribution in [0.1, 0.15) is 67.1 Å². The molecule has 5 N–H and O–H groups in total. The molecule has 0 aliphatic heterocycles. The molecule has 2 heterocycles. The van der Waals surface area contributed by atoms with Crippen LogP contribution >= 0.6 is 11.3 Å². The number of nitrogens with zero attached hydrogens (tertiary/aromatic N) is 1. The number of methoxy groups -OCH3 is 2. The lowest BCUT2D eigenvalue weighted by Crippen LogP contribution is -2.09. The maximum absolute atomic E-state index is 12.2. The summed E-state index contributed by atoms with van der Waals surface area (Å²) in [6.07, 6.45) is 1.98. The molecule has 0 bridgehead atoms. The average molecular weight is 1040 g/mol. The second-order valence-corrected chi connectivity index (χ2v) is 16.1. The number of nitro benzene ring substituents is 1. The number of aliphatic carboxylic acids is 4. The highest BCUT2D eigenvalue weighted by Crippen LogP contribution is 2.26. The number of benzene rings is 5. The van der Waals surface area contributed by atoms with Crippen molar-refractivity contribution in [3.63, 3.8) is 0 Å². The number of carboxylic acid groups (broad SMARTS) is 5. The molecule has 0 fully saturated rings. The number of non-ortho nitro benzene ring substituents is 1. The van der Waals surface area contributed by atoms with E-state index in [9.17, 15) is 44.0 Å². The molecule has 19 heteroatoms. The number of nitro groups is 1. The smallest absolute Gasteiger partial charge is 0.341 e. The summed E-state index contributed by atoms with van der Waals surface area (Å²) >= 11 is 1.21. The average Bonchev–Trinajstić information content (AvgIpc) is 4.05. The largest absolute Gasteiger partial charge is 0.497 e. The van der Waals surface area contributed by atoms with Gasteiger partial charge in [-0.05, 0) is 97.8 Å². The van der Waals surface area contributed by atoms with E-state index in [2.05, 4.69) is 11.8 Å². The standard InChI is InChI=1S/C15H11NO4.C14H12O4S.C12H10O3.C9H10O4.C6H8O2/c17-15(18)14(12-6-2-1-3-7-12)10-11-5-4-8-13(9-11)16(19)20;1-18-10-4-2-9(3-5-10)14(17)12-7-6-11(19-12)8-13(15)16;1-8-10(12(13)14)7-11(15-8)9-5-3-2-4-6-9;1-12-7-2-4-8(5-3-7)13-6-9(10)11;1-2-3-4-5-6(7)8/h1-10H,(H,17,18);2-7H,8H2,1H3,(H,15,16);2-7H,1H3,(H,13,14);2-5H,6H2,1H3,(H,10,11);4-5H2,1H3,(H,7,8). The molecule has 0 aliphatic carbocycles. The number of carbonyl (C=O) groups is 6. The lowest BCUT2D eigenvalue weighted by atomic mass is 10.0. The monoisotopic (exact) mass is 1040 g/mol. The van der Waals surface area contributed by atoms with Gasteiger partial charge in [0.15, 0.2) is 6.61 Å². The molecular weight excluding hydrogens is 991 g/mol. The SMILES string of the molecule is CC#CCCC(=O)O.COc1ccc(C(=O)c2ccc(CC(=O)O)s2)cc1.COc1ccc(OCC(=O)O)cc1.Cc1oc(-c2ccccc2)cc1C(=O)O.O=C(O)C(=Cc1cccc([N+](=O)[O-])c1)c1ccccc1. The van der Waals surface area contributed by atoms with Crippen LogP contribution in [0, 0.1) is 28.9 Å². The third-order valence-corrected chi connectivity index (χ3v) is 10.6. The minimum atomic E-state index is -1.08. The number of ether oxygens (including phenoxy) is 3. The van der Waals surface area contributed by atoms with E-state index in [1.54, 1.807) is 131 Å². The predicted octanol–water partition coefficient (Wildman–Crippen LogP) is 10.8. The zero-order chi connectivity index (χ0) is 55.3. The van der Waals surface area contributed by atoms with Crippen molar-refractivity contribution in [2.24, 2.45) is 0 Å². The van der Waals surface area contributed by atoms with Crippen LogP contribution in [0.25, 0.3) is 23.0 Å². The van der Waals surface area contributed by atoms with Gasteiger partial charge in [0.25, 0.3) is 5.69 Å². The number of ketones is 1. The number of aryl methyl sites for hydroxylation is 1. The molecule has 7 rings (SSSR count). The second kappa shape index (κ2) is 31.5. The number of aromatic carboxylic acids is 1. The van der Waals surface area contributed by atoms with Gasteiger partial charge >= 0.3 is 29.8 Å². The van der Waals surface area contributed by atoms with Crippen LogP contribution in [0.5, 0.6) is 17.2 Å². The quantitative estimate of drug-likeness (QED) is 0.0141. The number of carbonyl (C=O) groups excluding carboxylic acids is 1. The van der Waals surface area contributed by atoms with Gasteiger partial charge in [-0.2, -0.15) is 0 Å². The predicted molar refractivity (Wildman–Crippen MR) is 279 cm³/mol. The fourth-order valence-electron chi connectivity index (χ4n) is 5.96. The highest BCUT2D eigenvalue weighted by Gasteiger charge is 2.16. The topological polar surface area (TPSA) is 288 Å². The molecule has 5 aromatic carbocycles. The molecule has 0 saturated heterocycles. The summed E-state index contributed by atoms with van der Waals surface area (Å²) in [5.74, 6) is 3.38. The van der Waals surface area contributed by atoms with Crippen LogP contribution in [0.15, 0.2) is 156 Å². The zero-order valence-corrected chi connectivity index (χ0v) is 41.6. The fraction of sp³-hybridized carbons (Fsp3) is 0.143. The van der Waals surface area contributed by atoms with E-state index in [0.717, 1.165) is 5.56 Å². The molecule has 2 aromatic heterocycles. The van der Waals surface area contributed by atoms with Crippen LogP contribution in [0.4, 0.5) is 5.69 Å². The van der Waals surface area contributed by atoms with Crippen LogP contribution in [0.2, 0.25) is 0 Å². The fourth-order valence-corrected chi connectivity index (χ4v) is 6.92. The number of hydrogen-bond donors (Lipinski definition) is 5. The van der Waals surface area contributed by atoms with E-state index in [4.69, 9.17) is 39.1 Å². The van der Waals surface area contributed by atoms with Crippen molar-refractivity contribution in [3.8, 4) is 40.4 Å². The molecule has 0 atom stereocenters. The van der Waals surface area contributed by atoms with Gasteiger partial charge in [0.05, 0.1) is 42.4 Å². The molecule has 0 spiro atoms. The van der Waals surface area contributed by atoms with Crippen molar-refractivity contribution in [2.75, 3.05) is 20.8 Å². The Balaban J connectivity index is 0.000000254. The van der Waals surface area contributed by atoms with Crippen LogP contribution in [-0.2, 0) is 25.6 Å². The van der Waals surface area contributed by atoms with Crippen molar-refractivity contribution in [3.05, 3.63) is 200 Å². The van der Waals surface area contributed by atoms with Crippen molar-refractivity contribution >= 4 is 64.3 Å². The van der Waals surface area contributed by atoms with Crippen molar-refractivity contribution in [1.29, 1.82) is 0 Å². The van der Waals surface area contributed by atoms with E-state index in [0.29, 0.717) is 61.6 Å². The van der Waals surface area contributed by atoms with Gasteiger partial charge in [-0.1, -0.05) is 72.8 Å². The molecule has 0 radical (unpaired) electrons. The minimum Gasteiger partial charge on any atom is -0.497 e.